The Morgan fingerprint density at radius 1 is 1.11 bits per heavy atom. The molecule has 2 aromatic rings. The molecule has 1 unspecified atom stereocenters. The summed E-state index contributed by atoms with van der Waals surface area (Å²) in [6, 6.07) is 10.3. The maximum atomic E-state index is 13.4. The molecule has 0 bridgehead atoms. The summed E-state index contributed by atoms with van der Waals surface area (Å²) in [5, 5.41) is 3.99. The van der Waals surface area contributed by atoms with Gasteiger partial charge < -0.3 is 24.9 Å². The zero-order valence-corrected chi connectivity index (χ0v) is 21.9. The highest BCUT2D eigenvalue weighted by Crippen LogP contribution is 2.30. The molecule has 0 radical (unpaired) electrons. The predicted molar refractivity (Wildman–Crippen MR) is 137 cm³/mol. The van der Waals surface area contributed by atoms with Gasteiger partial charge in [-0.2, -0.15) is 0 Å². The lowest BCUT2D eigenvalue weighted by Crippen LogP contribution is -2.49. The zero-order chi connectivity index (χ0) is 25.6. The van der Waals surface area contributed by atoms with E-state index in [2.05, 4.69) is 10.2 Å². The van der Waals surface area contributed by atoms with Gasteiger partial charge in [-0.3, -0.25) is 9.59 Å². The van der Waals surface area contributed by atoms with Gasteiger partial charge in [0.05, 0.1) is 24.7 Å². The molecule has 11 heteroatoms. The Balaban J connectivity index is 1.22. The van der Waals surface area contributed by atoms with Crippen LogP contribution in [-0.2, 0) is 19.4 Å². The molecule has 36 heavy (non-hydrogen) atoms. The smallest absolute Gasteiger partial charge is 0.273 e. The average molecular weight is 532 g/mol. The number of rotatable bonds is 6. The second-order valence-electron chi connectivity index (χ2n) is 9.66. The summed E-state index contributed by atoms with van der Waals surface area (Å²) in [4.78, 5) is 33.7. The number of fused-ring (bicyclic) bond motifs is 2. The molecule has 0 aliphatic carbocycles. The van der Waals surface area contributed by atoms with Gasteiger partial charge in [-0.25, -0.2) is 8.42 Å². The van der Waals surface area contributed by atoms with Gasteiger partial charge in [0, 0.05) is 37.4 Å². The molecular weight excluding hydrogens is 502 g/mol. The summed E-state index contributed by atoms with van der Waals surface area (Å²) in [5.74, 6) is -0.162. The summed E-state index contributed by atoms with van der Waals surface area (Å²) in [6.45, 7) is 2.28. The van der Waals surface area contributed by atoms with Crippen LogP contribution in [-0.4, -0.2) is 91.8 Å². The molecule has 192 valence electrons. The van der Waals surface area contributed by atoms with Crippen molar-refractivity contribution in [2.24, 2.45) is 0 Å². The fourth-order valence-corrected chi connectivity index (χ4v) is 7.01. The molecule has 3 aliphatic heterocycles. The summed E-state index contributed by atoms with van der Waals surface area (Å²) in [5.41, 5.74) is 0.731. The van der Waals surface area contributed by atoms with Crippen molar-refractivity contribution < 1.29 is 18.0 Å². The van der Waals surface area contributed by atoms with Gasteiger partial charge in [0.25, 0.3) is 5.91 Å². The molecule has 0 aromatic heterocycles. The fourth-order valence-electron chi connectivity index (χ4n) is 5.28. The summed E-state index contributed by atoms with van der Waals surface area (Å²) >= 11 is 6.04. The molecular formula is C25H30ClN5O4S. The lowest BCUT2D eigenvalue weighted by Gasteiger charge is -2.37. The Kier molecular flexibility index (Phi) is 6.61. The first-order chi connectivity index (χ1) is 17.2. The number of piperidine rings is 1. The minimum atomic E-state index is -3.79. The van der Waals surface area contributed by atoms with Crippen LogP contribution in [0.2, 0.25) is 5.02 Å². The molecule has 2 saturated heterocycles. The topological polar surface area (TPSA) is 93.3 Å². The minimum absolute atomic E-state index is 0.0446. The lowest BCUT2D eigenvalue weighted by molar-refractivity contribution is -0.134. The third-order valence-corrected chi connectivity index (χ3v) is 9.59. The van der Waals surface area contributed by atoms with Crippen molar-refractivity contribution >= 4 is 44.0 Å². The van der Waals surface area contributed by atoms with E-state index in [9.17, 15) is 18.0 Å². The third kappa shape index (κ3) is 4.53. The van der Waals surface area contributed by atoms with Crippen molar-refractivity contribution in [1.82, 2.24) is 24.9 Å². The number of benzene rings is 2. The monoisotopic (exact) mass is 531 g/mol. The highest BCUT2D eigenvalue weighted by atomic mass is 35.5. The van der Waals surface area contributed by atoms with Crippen molar-refractivity contribution in [3.63, 3.8) is 0 Å². The van der Waals surface area contributed by atoms with E-state index < -0.39 is 15.2 Å². The van der Waals surface area contributed by atoms with Crippen LogP contribution >= 0.6 is 11.6 Å². The van der Waals surface area contributed by atoms with Gasteiger partial charge in [-0.05, 0) is 54.9 Å². The largest absolute Gasteiger partial charge is 0.361 e. The van der Waals surface area contributed by atoms with Crippen molar-refractivity contribution in [3.05, 3.63) is 53.3 Å². The molecule has 9 nitrogen and oxygen atoms in total. The Labute approximate surface area is 216 Å². The molecule has 0 spiro atoms. The Bertz CT molecular complexity index is 1340. The maximum absolute atomic E-state index is 13.4. The predicted octanol–water partition coefficient (Wildman–Crippen LogP) is 2.04. The van der Waals surface area contributed by atoms with Crippen molar-refractivity contribution in [2.75, 3.05) is 40.5 Å². The van der Waals surface area contributed by atoms with E-state index in [-0.39, 0.29) is 29.2 Å². The van der Waals surface area contributed by atoms with Gasteiger partial charge in [-0.1, -0.05) is 23.7 Å². The van der Waals surface area contributed by atoms with Crippen molar-refractivity contribution in [1.29, 1.82) is 0 Å². The number of carbonyl (C=O) groups is 2. The number of sulfone groups is 1. The Hall–Kier alpha value is -2.82. The molecule has 3 heterocycles. The Morgan fingerprint density at radius 2 is 1.81 bits per heavy atom. The first kappa shape index (κ1) is 24.9. The quantitative estimate of drug-likeness (QED) is 0.609. The van der Waals surface area contributed by atoms with Gasteiger partial charge >= 0.3 is 0 Å². The number of amides is 2. The number of halogens is 1. The van der Waals surface area contributed by atoms with Crippen LogP contribution in [0.1, 0.15) is 19.3 Å². The lowest BCUT2D eigenvalue weighted by atomic mass is 10.0. The van der Waals surface area contributed by atoms with Gasteiger partial charge in [0.1, 0.15) is 11.1 Å². The highest BCUT2D eigenvalue weighted by molar-refractivity contribution is 7.92. The van der Waals surface area contributed by atoms with E-state index in [0.717, 1.165) is 16.5 Å². The van der Waals surface area contributed by atoms with Crippen LogP contribution in [0.3, 0.4) is 0 Å². The van der Waals surface area contributed by atoms with E-state index in [1.807, 2.05) is 23.0 Å². The molecule has 2 amide bonds. The van der Waals surface area contributed by atoms with E-state index in [1.54, 1.807) is 48.3 Å². The molecule has 1 N–H and O–H groups in total. The number of hydrogen-bond acceptors (Lipinski definition) is 7. The molecule has 5 rings (SSSR count). The molecule has 2 fully saturated rings. The molecule has 1 atom stereocenters. The number of hydrogen-bond donors (Lipinski definition) is 1. The number of nitrogens with zero attached hydrogens (tertiary/aromatic N) is 4. The summed E-state index contributed by atoms with van der Waals surface area (Å²) in [6.07, 6.45) is 3.08. The van der Waals surface area contributed by atoms with Crippen LogP contribution < -0.4 is 5.32 Å². The zero-order valence-electron chi connectivity index (χ0n) is 20.4. The Morgan fingerprint density at radius 3 is 2.50 bits per heavy atom. The standard InChI is InChI=1S/C25H30ClN5O4S/c1-27-23(36(34,35)21-6-4-17-11-19(26)5-3-18(17)12-21)13-24(32)29-9-7-20(8-10-29)31-16-30-15-28(2)14-22(30)25(31)33/h3-6,11-12,14,20,23,27H,7-10,13,15-16H2,1-2H3. The normalized spacial score (nSPS) is 19.8. The van der Waals surface area contributed by atoms with E-state index in [0.29, 0.717) is 44.3 Å². The minimum Gasteiger partial charge on any atom is -0.361 e. The number of carbonyl (C=O) groups excluding carboxylic acids is 2. The van der Waals surface area contributed by atoms with Crippen LogP contribution in [0.15, 0.2) is 53.2 Å². The van der Waals surface area contributed by atoms with E-state index >= 15 is 0 Å². The SMILES string of the molecule is CNC(CC(=O)N1CCC(N2CN3CN(C)C=C3C2=O)CC1)S(=O)(=O)c1ccc2cc(Cl)ccc2c1. The van der Waals surface area contributed by atoms with Gasteiger partial charge in [0.2, 0.25) is 5.91 Å². The third-order valence-electron chi connectivity index (χ3n) is 7.30. The van der Waals surface area contributed by atoms with Crippen molar-refractivity contribution in [2.45, 2.75) is 35.6 Å². The highest BCUT2D eigenvalue weighted by Gasteiger charge is 2.41. The second-order valence-corrected chi connectivity index (χ2v) is 12.2. The van der Waals surface area contributed by atoms with Crippen LogP contribution in [0, 0.1) is 0 Å². The molecule has 0 saturated carbocycles. The first-order valence-corrected chi connectivity index (χ1v) is 14.0. The average Bonchev–Trinajstić information content (AvgIpc) is 3.38. The second kappa shape index (κ2) is 9.57. The molecule has 3 aliphatic rings. The molecule has 2 aromatic carbocycles. The van der Waals surface area contributed by atoms with Crippen LogP contribution in [0.4, 0.5) is 0 Å². The van der Waals surface area contributed by atoms with Crippen LogP contribution in [0.5, 0.6) is 0 Å². The number of nitrogens with one attached hydrogen (secondary N) is 1. The summed E-state index contributed by atoms with van der Waals surface area (Å²) < 4.78 is 26.7. The fraction of sp³-hybridized carbons (Fsp3) is 0.440. The maximum Gasteiger partial charge on any atom is 0.273 e. The van der Waals surface area contributed by atoms with E-state index in [4.69, 9.17) is 11.6 Å². The summed E-state index contributed by atoms with van der Waals surface area (Å²) in [7, 11) is -0.290. The van der Waals surface area contributed by atoms with Crippen molar-refractivity contribution in [3.8, 4) is 0 Å². The first-order valence-electron chi connectivity index (χ1n) is 12.0. The van der Waals surface area contributed by atoms with Crippen LogP contribution in [0.25, 0.3) is 10.8 Å². The van der Waals surface area contributed by atoms with E-state index in [1.165, 1.54) is 0 Å². The van der Waals surface area contributed by atoms with Gasteiger partial charge in [0.15, 0.2) is 9.84 Å². The van der Waals surface area contributed by atoms with Gasteiger partial charge in [-0.15, -0.1) is 0 Å². The number of likely N-dealkylation sites (tertiary alicyclic amines) is 1.